The summed E-state index contributed by atoms with van der Waals surface area (Å²) in [4.78, 5) is 101. The van der Waals surface area contributed by atoms with Crippen molar-refractivity contribution >= 4 is 77.3 Å². The summed E-state index contributed by atoms with van der Waals surface area (Å²) in [6.45, 7) is 25.3. The van der Waals surface area contributed by atoms with Gasteiger partial charge in [0.25, 0.3) is 11.8 Å². The van der Waals surface area contributed by atoms with Crippen LogP contribution in [0.5, 0.6) is 0 Å². The summed E-state index contributed by atoms with van der Waals surface area (Å²) in [5, 5.41) is 25.5. The molecule has 21 nitrogen and oxygen atoms in total. The van der Waals surface area contributed by atoms with E-state index in [1.54, 1.807) is 55.4 Å². The Labute approximate surface area is 590 Å². The number of ether oxygens (including phenoxy) is 3. The summed E-state index contributed by atoms with van der Waals surface area (Å²) >= 11 is 0. The van der Waals surface area contributed by atoms with E-state index >= 15 is 0 Å². The number of rotatable bonds is 25. The summed E-state index contributed by atoms with van der Waals surface area (Å²) < 4.78 is 14.9. The Kier molecular flexibility index (Phi) is 49.8. The van der Waals surface area contributed by atoms with Crippen LogP contribution < -0.4 is 38.7 Å². The molecule has 0 spiro atoms. The Bertz CT molecular complexity index is 3250. The summed E-state index contributed by atoms with van der Waals surface area (Å²) in [6.07, 6.45) is 8.36. The van der Waals surface area contributed by atoms with Crippen molar-refractivity contribution in [3.05, 3.63) is 292 Å². The fraction of sp³-hybridized carbons (Fsp3) is 0.219. The maximum Gasteiger partial charge on any atom is 2.00 e. The molecule has 0 aromatic heterocycles. The van der Waals surface area contributed by atoms with Gasteiger partial charge in [-0.05, 0) is 59.7 Å². The SMILES string of the molecule is C=CC(NC)c1ccccc1.C=CC[C@@H](N)C(=O)O.C=CC[C@@H](NC(=O)OCc1ccccc1)C(=O)N(C)C(C=C)c1ccccc1.C=CC[C@@H](NC(=O)OCc1ccccc1)C(=O)O.CN=Cc1ccccc1.O=C(OCc1ccccc1)ON1C(=O)CCC1=O.[Br-].[CH-]=C.[Mg+2]. The van der Waals surface area contributed by atoms with E-state index in [1.165, 1.54) is 17.7 Å². The van der Waals surface area contributed by atoms with Gasteiger partial charge in [0, 0.05) is 33.2 Å². The largest absolute Gasteiger partial charge is 2.00 e. The molecule has 5 amide bonds. The summed E-state index contributed by atoms with van der Waals surface area (Å²) in [5.74, 6) is -3.41. The van der Waals surface area contributed by atoms with Crippen LogP contribution in [0.3, 0.4) is 0 Å². The average molecular weight is 1390 g/mol. The van der Waals surface area contributed by atoms with Gasteiger partial charge < -0.3 is 74.6 Å². The molecule has 96 heavy (non-hydrogen) atoms. The first kappa shape index (κ1) is 88.0. The van der Waals surface area contributed by atoms with Crippen LogP contribution in [0.25, 0.3) is 0 Å². The Morgan fingerprint density at radius 1 is 0.583 bits per heavy atom. The molecular weight excluding hydrogens is 1300 g/mol. The van der Waals surface area contributed by atoms with Gasteiger partial charge >= 0.3 is 53.3 Å². The molecule has 6 aromatic carbocycles. The number of carboxylic acid groups (broad SMARTS) is 2. The van der Waals surface area contributed by atoms with E-state index in [9.17, 15) is 38.4 Å². The van der Waals surface area contributed by atoms with Gasteiger partial charge in [-0.2, -0.15) is 0 Å². The molecule has 0 bridgehead atoms. The number of benzene rings is 6. The van der Waals surface area contributed by atoms with Crippen LogP contribution in [-0.4, -0.2) is 137 Å². The molecule has 1 aliphatic rings. The maximum atomic E-state index is 13.0. The molecule has 506 valence electrons. The second-order valence-corrected chi connectivity index (χ2v) is 19.3. The number of carbonyl (C=O) groups is 8. The number of hydrogen-bond donors (Lipinski definition) is 6. The van der Waals surface area contributed by atoms with Crippen LogP contribution in [0.1, 0.15) is 77.6 Å². The van der Waals surface area contributed by atoms with Crippen LogP contribution >= 0.6 is 0 Å². The van der Waals surface area contributed by atoms with E-state index in [0.717, 1.165) is 27.8 Å². The first-order valence-electron chi connectivity index (χ1n) is 29.3. The molecule has 0 aliphatic carbocycles. The van der Waals surface area contributed by atoms with Crippen LogP contribution in [0, 0.1) is 6.58 Å². The Hall–Kier alpha value is -10.0. The number of aliphatic imine (C=N–C) groups is 1. The van der Waals surface area contributed by atoms with Crippen molar-refractivity contribution < 1.29 is 84.6 Å². The van der Waals surface area contributed by atoms with Crippen molar-refractivity contribution in [1.29, 1.82) is 0 Å². The standard InChI is InChI=1S/C23H26N2O3.C13H15NO4.C12H11NO5.C10H13N.C8H9N.C5H9NO2.C2H3.BrH.Mg/c1-4-12-20(24-23(27)28-17-18-13-8-6-9-14-18)22(26)25(3)21(5-2)19-15-10-7-11-16-19;1-2-6-11(12(15)16)14-13(17)18-9-10-7-4-3-5-8-10;14-10-6-7-11(15)13(10)18-12(16)17-8-9-4-2-1-3-5-9;1-3-10(11-2)9-7-5-4-6-8-9;1-9-7-8-5-3-2-4-6-8;1-2-3-4(6)5(7)8;1-2;;/h4-11,13-16,20-21H,1-2,12,17H2,3H3,(H,24,27);2-5,7-8,11H,1,6,9H2,(H,14,17)(H,15,16);1-5H,6-8H2;3-8,10-11H,1H2,2H3;2-7H,1H3;2,4H,1,3,6H2,(H,7,8);1H,2H2;1H;/q;;;;;;-1;;+2/p-1/t20-,21?;11-;;;;4-;;;/m11...1.../s1. The van der Waals surface area contributed by atoms with Gasteiger partial charge in [0.1, 0.15) is 37.9 Å². The van der Waals surface area contributed by atoms with Gasteiger partial charge in [-0.25, -0.2) is 19.2 Å². The molecule has 7 N–H and O–H groups in total. The third kappa shape index (κ3) is 37.6. The number of aliphatic carboxylic acids is 2. The zero-order chi connectivity index (χ0) is 69.9. The minimum Gasteiger partial charge on any atom is -1.00 e. The third-order valence-electron chi connectivity index (χ3n) is 12.4. The quantitative estimate of drug-likeness (QED) is 0.00594. The Morgan fingerprint density at radius 3 is 1.31 bits per heavy atom. The number of imide groups is 1. The number of likely N-dealkylation sites (N-methyl/N-ethyl adjacent to an activating group) is 2. The predicted molar refractivity (Wildman–Crippen MR) is 370 cm³/mol. The Morgan fingerprint density at radius 2 is 0.958 bits per heavy atom. The fourth-order valence-corrected chi connectivity index (χ4v) is 7.67. The molecule has 1 saturated heterocycles. The number of nitrogens with zero attached hydrogens (tertiary/aromatic N) is 3. The number of nitrogens with two attached hydrogens (primary N) is 1. The average Bonchev–Trinajstić information content (AvgIpc) is 1.32. The number of halogens is 1. The number of hydrogen-bond acceptors (Lipinski definition) is 15. The minimum absolute atomic E-state index is 0. The van der Waals surface area contributed by atoms with Gasteiger partial charge in [-0.3, -0.25) is 35.6 Å². The van der Waals surface area contributed by atoms with E-state index in [1.807, 2.05) is 165 Å². The number of carboxylic acids is 2. The van der Waals surface area contributed by atoms with Crippen LogP contribution in [-0.2, 0) is 62.8 Å². The van der Waals surface area contributed by atoms with E-state index in [2.05, 4.69) is 84.0 Å². The van der Waals surface area contributed by atoms with Gasteiger partial charge in [-0.1, -0.05) is 217 Å². The van der Waals surface area contributed by atoms with Gasteiger partial charge in [-0.15, -0.1) is 32.9 Å². The molecule has 2 unspecified atom stereocenters. The Balaban J connectivity index is 0. The number of hydroxylamine groups is 2. The zero-order valence-electron chi connectivity index (χ0n) is 54.4. The second kappa shape index (κ2) is 54.4. The zero-order valence-corrected chi connectivity index (χ0v) is 57.4. The first-order chi connectivity index (χ1) is 45.4. The number of nitrogens with one attached hydrogen (secondary N) is 3. The molecule has 0 saturated carbocycles. The molecule has 6 aromatic rings. The monoisotopic (exact) mass is 1390 g/mol. The molecule has 1 heterocycles. The van der Waals surface area contributed by atoms with Crippen LogP contribution in [0.4, 0.5) is 14.4 Å². The molecule has 0 radical (unpaired) electrons. The smallest absolute Gasteiger partial charge is 1.00 e. The van der Waals surface area contributed by atoms with Crippen molar-refractivity contribution in [1.82, 2.24) is 25.9 Å². The van der Waals surface area contributed by atoms with Crippen molar-refractivity contribution in [3.63, 3.8) is 0 Å². The summed E-state index contributed by atoms with van der Waals surface area (Å²) in [6, 6.07) is 54.8. The normalized spacial score (nSPS) is 12.0. The van der Waals surface area contributed by atoms with Crippen molar-refractivity contribution in [2.75, 3.05) is 21.1 Å². The number of carbonyl (C=O) groups excluding carboxylic acids is 6. The van der Waals surface area contributed by atoms with E-state index < -0.39 is 60.2 Å². The van der Waals surface area contributed by atoms with Gasteiger partial charge in [0.15, 0.2) is 0 Å². The molecule has 1 fully saturated rings. The summed E-state index contributed by atoms with van der Waals surface area (Å²) in [7, 11) is 5.39. The third-order valence-corrected chi connectivity index (χ3v) is 12.4. The predicted octanol–water partition coefficient (Wildman–Crippen LogP) is 8.66. The molecule has 5 atom stereocenters. The van der Waals surface area contributed by atoms with Crippen molar-refractivity contribution in [2.45, 2.75) is 82.1 Å². The molecule has 7 rings (SSSR count). The second-order valence-electron chi connectivity index (χ2n) is 19.3. The number of amides is 5. The van der Waals surface area contributed by atoms with Gasteiger partial charge in [0.05, 0.1) is 12.1 Å². The minimum atomic E-state index is -1.12. The fourth-order valence-electron chi connectivity index (χ4n) is 7.67. The maximum absolute atomic E-state index is 13.0. The van der Waals surface area contributed by atoms with Crippen molar-refractivity contribution in [3.8, 4) is 0 Å². The van der Waals surface area contributed by atoms with E-state index in [4.69, 9.17) is 30.2 Å². The molecule has 1 aliphatic heterocycles. The van der Waals surface area contributed by atoms with Crippen molar-refractivity contribution in [2.24, 2.45) is 10.7 Å². The molecular formula is C73H86BrMgN7O14. The van der Waals surface area contributed by atoms with E-state index in [-0.39, 0.29) is 97.1 Å². The van der Waals surface area contributed by atoms with Gasteiger partial charge in [0.2, 0.25) is 5.91 Å². The van der Waals surface area contributed by atoms with Crippen LogP contribution in [0.2, 0.25) is 0 Å². The first-order valence-corrected chi connectivity index (χ1v) is 29.3. The topological polar surface area (TPSA) is 295 Å². The molecule has 23 heteroatoms. The van der Waals surface area contributed by atoms with E-state index in [0.29, 0.717) is 17.9 Å². The van der Waals surface area contributed by atoms with Crippen LogP contribution in [0.15, 0.2) is 257 Å². The summed E-state index contributed by atoms with van der Waals surface area (Å²) in [5.41, 5.74) is 10.9. The number of alkyl carbamates (subject to hydrolysis) is 2.